The number of aromatic nitrogens is 3. The highest BCUT2D eigenvalue weighted by molar-refractivity contribution is 6.06. The zero-order valence-electron chi connectivity index (χ0n) is 27.8. The summed E-state index contributed by atoms with van der Waals surface area (Å²) in [5, 5.41) is 10.2. The fraction of sp³-hybridized carbons (Fsp3) is 0.412. The van der Waals surface area contributed by atoms with Crippen LogP contribution < -0.4 is 21.7 Å². The number of hydrogen-bond acceptors (Lipinski definition) is 9. The number of fused-ring (bicyclic) bond motifs is 1. The summed E-state index contributed by atoms with van der Waals surface area (Å²) in [5.74, 6) is 0.449. The number of anilines is 1. The second-order valence-corrected chi connectivity index (χ2v) is 11.5. The van der Waals surface area contributed by atoms with Crippen LogP contribution in [0.3, 0.4) is 0 Å². The van der Waals surface area contributed by atoms with E-state index in [-0.39, 0.29) is 30.5 Å². The number of aliphatic imine (C=N–C) groups is 3. The topological polar surface area (TPSA) is 170 Å². The number of ether oxygens (including phenoxy) is 1. The minimum atomic E-state index is -0.113. The van der Waals surface area contributed by atoms with Crippen molar-refractivity contribution in [1.29, 1.82) is 0 Å². The van der Waals surface area contributed by atoms with Crippen LogP contribution in [-0.4, -0.2) is 90.7 Å². The van der Waals surface area contributed by atoms with Crippen molar-refractivity contribution < 1.29 is 9.53 Å². The van der Waals surface area contributed by atoms with Gasteiger partial charge in [0.2, 0.25) is 5.91 Å². The van der Waals surface area contributed by atoms with E-state index in [9.17, 15) is 4.79 Å². The third-order valence-electron chi connectivity index (χ3n) is 7.78. The number of allylic oxidation sites excluding steroid dienone is 2. The van der Waals surface area contributed by atoms with Crippen LogP contribution in [0.5, 0.6) is 0 Å². The molecule has 1 unspecified atom stereocenters. The highest BCUT2D eigenvalue weighted by Crippen LogP contribution is 2.33. The van der Waals surface area contributed by atoms with E-state index in [1.165, 1.54) is 12.8 Å². The third kappa shape index (κ3) is 10.3. The molecule has 1 aliphatic heterocycles. The average molecular weight is 642 g/mol. The van der Waals surface area contributed by atoms with E-state index in [4.69, 9.17) is 10.5 Å². The first-order chi connectivity index (χ1) is 22.8. The maximum atomic E-state index is 13.1. The van der Waals surface area contributed by atoms with Crippen LogP contribution in [0.25, 0.3) is 22.2 Å². The summed E-state index contributed by atoms with van der Waals surface area (Å²) in [6.45, 7) is 10.0. The van der Waals surface area contributed by atoms with Gasteiger partial charge < -0.3 is 31.4 Å². The molecular weight excluding hydrogens is 594 g/mol. The molecule has 6 N–H and O–H groups in total. The molecule has 0 bridgehead atoms. The molecule has 0 radical (unpaired) electrons. The minimum absolute atomic E-state index is 0.111. The number of nitrogens with two attached hydrogens (primary N) is 1. The maximum absolute atomic E-state index is 13.1. The van der Waals surface area contributed by atoms with E-state index < -0.39 is 0 Å². The van der Waals surface area contributed by atoms with Crippen molar-refractivity contribution in [2.45, 2.75) is 52.1 Å². The van der Waals surface area contributed by atoms with Crippen LogP contribution in [0.2, 0.25) is 0 Å². The smallest absolute Gasteiger partial charge is 0.315 e. The van der Waals surface area contributed by atoms with Crippen LogP contribution in [-0.2, 0) is 9.53 Å². The number of para-hydroxylation sites is 1. The van der Waals surface area contributed by atoms with Crippen molar-refractivity contribution in [3.63, 3.8) is 0 Å². The molecule has 0 saturated carbocycles. The Hall–Kier alpha value is -4.88. The Morgan fingerprint density at radius 3 is 2.91 bits per heavy atom. The fourth-order valence-corrected chi connectivity index (χ4v) is 5.27. The number of unbranched alkanes of at least 4 members (excludes halogenated alkanes) is 3. The highest BCUT2D eigenvalue weighted by Gasteiger charge is 2.26. The molecule has 1 aromatic carbocycles. The van der Waals surface area contributed by atoms with Crippen LogP contribution in [0.1, 0.15) is 44.6 Å². The average Bonchev–Trinajstić information content (AvgIpc) is 3.69. The zero-order chi connectivity index (χ0) is 33.6. The molecule has 4 rings (SSSR count). The summed E-state index contributed by atoms with van der Waals surface area (Å²) in [6.07, 6.45) is 14.2. The lowest BCUT2D eigenvalue weighted by molar-refractivity contribution is -0.117. The summed E-state index contributed by atoms with van der Waals surface area (Å²) in [4.78, 5) is 40.1. The summed E-state index contributed by atoms with van der Waals surface area (Å²) in [5.41, 5.74) is 10.9. The summed E-state index contributed by atoms with van der Waals surface area (Å²) in [7, 11) is 3.78. The van der Waals surface area contributed by atoms with Gasteiger partial charge in [-0.2, -0.15) is 4.99 Å². The molecule has 1 amide bonds. The molecule has 1 atom stereocenters. The molecule has 1 fully saturated rings. The maximum Gasteiger partial charge on any atom is 0.315 e. The first-order valence-corrected chi connectivity index (χ1v) is 16.0. The summed E-state index contributed by atoms with van der Waals surface area (Å²) < 4.78 is 5.97. The lowest BCUT2D eigenvalue weighted by atomic mass is 10.1. The minimum Gasteiger partial charge on any atom is -0.459 e. The number of aryl methyl sites for hydroxylation is 1. The van der Waals surface area contributed by atoms with Crippen molar-refractivity contribution in [3.05, 3.63) is 60.2 Å². The van der Waals surface area contributed by atoms with Gasteiger partial charge in [-0.25, -0.2) is 20.0 Å². The Morgan fingerprint density at radius 2 is 2.13 bits per heavy atom. The fourth-order valence-electron chi connectivity index (χ4n) is 5.27. The number of likely N-dealkylation sites (tertiary alicyclic amines) is 1. The van der Waals surface area contributed by atoms with Gasteiger partial charge in [-0.05, 0) is 77.5 Å². The summed E-state index contributed by atoms with van der Waals surface area (Å²) in [6, 6.07) is 6.04. The predicted molar refractivity (Wildman–Crippen MR) is 191 cm³/mol. The number of carbonyl (C=O) groups is 1. The predicted octanol–water partition coefficient (Wildman–Crippen LogP) is 4.42. The van der Waals surface area contributed by atoms with Crippen molar-refractivity contribution >= 4 is 47.0 Å². The van der Waals surface area contributed by atoms with Crippen molar-refractivity contribution in [3.8, 4) is 11.3 Å². The Balaban J connectivity index is 1.35. The molecule has 1 saturated heterocycles. The number of H-pyrrole nitrogens is 1. The lowest BCUT2D eigenvalue weighted by Crippen LogP contribution is -2.32. The number of amides is 1. The standard InChI is InChI=1S/C34H47N11O2/c1-23-19-41-33(43-29(35)18-24(2)37-4)44-31(23)27-20-40-32-26(27)12-11-13-28(32)42-30(46)22-45-17-14-25(21-45)47-34(38-5)39-16-10-8-6-7-9-15-36-3/h10-13,16,18-20,25,36-37,40H,5-9,14-15,17,21-22H2,1-4H3,(H,42,46)(H2,35,41,43,44)/b16-10-,24-18-,39-34?. The van der Waals surface area contributed by atoms with Crippen molar-refractivity contribution in [2.24, 2.45) is 20.7 Å². The highest BCUT2D eigenvalue weighted by atomic mass is 16.5. The molecular formula is C34H47N11O2. The number of rotatable bonds is 15. The number of nitrogens with one attached hydrogen (secondary N) is 4. The zero-order valence-corrected chi connectivity index (χ0v) is 27.8. The van der Waals surface area contributed by atoms with E-state index in [0.29, 0.717) is 18.1 Å². The molecule has 2 aromatic heterocycles. The van der Waals surface area contributed by atoms with Crippen LogP contribution in [0, 0.1) is 6.92 Å². The number of benzene rings is 1. The normalized spacial score (nSPS) is 16.3. The second kappa shape index (κ2) is 17.7. The lowest BCUT2D eigenvalue weighted by Gasteiger charge is -2.16. The Morgan fingerprint density at radius 1 is 1.28 bits per heavy atom. The van der Waals surface area contributed by atoms with Crippen LogP contribution >= 0.6 is 0 Å². The molecule has 13 heteroatoms. The number of aromatic amines is 1. The monoisotopic (exact) mass is 641 g/mol. The van der Waals surface area contributed by atoms with Gasteiger partial charge in [-0.15, -0.1) is 0 Å². The van der Waals surface area contributed by atoms with Crippen molar-refractivity contribution in [2.75, 3.05) is 45.6 Å². The van der Waals surface area contributed by atoms with E-state index in [2.05, 4.69) is 57.5 Å². The first-order valence-electron chi connectivity index (χ1n) is 16.0. The Bertz CT molecular complexity index is 1640. The number of hydrogen-bond donors (Lipinski definition) is 5. The number of carbonyl (C=O) groups excluding carboxylic acids is 1. The van der Waals surface area contributed by atoms with Crippen molar-refractivity contribution in [1.82, 2.24) is 30.5 Å². The molecule has 0 aliphatic carbocycles. The van der Waals surface area contributed by atoms with E-state index >= 15 is 0 Å². The van der Waals surface area contributed by atoms with Gasteiger partial charge in [0.1, 0.15) is 11.9 Å². The number of amidine groups is 2. The molecule has 3 aromatic rings. The summed E-state index contributed by atoms with van der Waals surface area (Å²) >= 11 is 0. The quantitative estimate of drug-likeness (QED) is 0.0922. The molecule has 13 nitrogen and oxygen atoms in total. The van der Waals surface area contributed by atoms with Gasteiger partial charge in [0, 0.05) is 55.4 Å². The van der Waals surface area contributed by atoms with Gasteiger partial charge in [-0.1, -0.05) is 24.6 Å². The molecule has 0 spiro atoms. The van der Waals surface area contributed by atoms with Crippen LogP contribution in [0.4, 0.5) is 11.6 Å². The van der Waals surface area contributed by atoms with Gasteiger partial charge in [0.05, 0.1) is 23.4 Å². The molecule has 250 valence electrons. The van der Waals surface area contributed by atoms with Gasteiger partial charge in [0.25, 0.3) is 5.95 Å². The van der Waals surface area contributed by atoms with E-state index in [0.717, 1.165) is 65.8 Å². The molecule has 47 heavy (non-hydrogen) atoms. The molecule has 3 heterocycles. The first kappa shape index (κ1) is 35.0. The van der Waals surface area contributed by atoms with Gasteiger partial charge in [-0.3, -0.25) is 9.69 Å². The largest absolute Gasteiger partial charge is 0.459 e. The molecule has 1 aliphatic rings. The van der Waals surface area contributed by atoms with Gasteiger partial charge in [0.15, 0.2) is 0 Å². The number of nitrogens with zero attached hydrogens (tertiary/aromatic N) is 6. The van der Waals surface area contributed by atoms with Crippen LogP contribution in [0.15, 0.2) is 69.6 Å². The van der Waals surface area contributed by atoms with E-state index in [1.54, 1.807) is 18.5 Å². The SMILES string of the molecule is C=NC(=N/C=C\CCCCCNC)OC1CCN(CC(=O)Nc2cccc3c(-c4nc(/N=C(N)\C=C(\C)NC)ncc4C)c[nH]c23)C1. The van der Waals surface area contributed by atoms with E-state index in [1.807, 2.05) is 58.4 Å². The Kier molecular flexibility index (Phi) is 13.2. The van der Waals surface area contributed by atoms with Gasteiger partial charge >= 0.3 is 6.02 Å². The third-order valence-corrected chi connectivity index (χ3v) is 7.78. The Labute approximate surface area is 276 Å². The second-order valence-electron chi connectivity index (χ2n) is 11.5.